The minimum Gasteiger partial charge on any atom is -0.372 e. The number of likely N-dealkylation sites (N-methyl/N-ethyl adjacent to an activating group) is 1. The molecule has 22 heavy (non-hydrogen) atoms. The van der Waals surface area contributed by atoms with Crippen LogP contribution in [0.3, 0.4) is 0 Å². The molecule has 0 saturated heterocycles. The highest BCUT2D eigenvalue weighted by atomic mass is 32.1. The van der Waals surface area contributed by atoms with Crippen molar-refractivity contribution in [3.05, 3.63) is 16.1 Å². The van der Waals surface area contributed by atoms with E-state index in [0.29, 0.717) is 13.2 Å². The fourth-order valence-corrected chi connectivity index (χ4v) is 3.81. The summed E-state index contributed by atoms with van der Waals surface area (Å²) in [5.74, 6) is 0.0413. The van der Waals surface area contributed by atoms with E-state index >= 15 is 0 Å². The number of hydrogen-bond donors (Lipinski definition) is 1. The van der Waals surface area contributed by atoms with Crippen molar-refractivity contribution in [2.75, 3.05) is 13.7 Å². The fourth-order valence-electron chi connectivity index (χ4n) is 2.99. The van der Waals surface area contributed by atoms with Crippen LogP contribution in [-0.2, 0) is 16.1 Å². The monoisotopic (exact) mass is 325 g/mol. The van der Waals surface area contributed by atoms with Gasteiger partial charge in [-0.1, -0.05) is 19.3 Å². The Bertz CT molecular complexity index is 497. The van der Waals surface area contributed by atoms with E-state index in [9.17, 15) is 4.79 Å². The van der Waals surface area contributed by atoms with E-state index in [2.05, 4.69) is 4.98 Å². The van der Waals surface area contributed by atoms with E-state index in [1.165, 1.54) is 6.42 Å². The lowest BCUT2D eigenvalue weighted by molar-refractivity contribution is -0.137. The average molecular weight is 325 g/mol. The molecule has 0 aliphatic heterocycles. The van der Waals surface area contributed by atoms with Crippen LogP contribution in [-0.4, -0.2) is 35.0 Å². The zero-order valence-electron chi connectivity index (χ0n) is 13.8. The number of amides is 1. The molecular weight excluding hydrogens is 298 g/mol. The summed E-state index contributed by atoms with van der Waals surface area (Å²) in [7, 11) is 1.82. The Labute approximate surface area is 136 Å². The molecule has 1 aromatic heterocycles. The maximum atomic E-state index is 12.6. The fraction of sp³-hybridized carbons (Fsp3) is 0.750. The number of nitrogens with zero attached hydrogens (tertiary/aromatic N) is 2. The maximum Gasteiger partial charge on any atom is 0.242 e. The highest BCUT2D eigenvalue weighted by molar-refractivity contribution is 7.09. The van der Waals surface area contributed by atoms with Gasteiger partial charge < -0.3 is 15.4 Å². The first-order valence-corrected chi connectivity index (χ1v) is 8.94. The van der Waals surface area contributed by atoms with Gasteiger partial charge in [-0.05, 0) is 26.7 Å². The first kappa shape index (κ1) is 17.4. The lowest BCUT2D eigenvalue weighted by Gasteiger charge is -2.35. The molecule has 1 fully saturated rings. The van der Waals surface area contributed by atoms with Crippen molar-refractivity contribution in [3.8, 4) is 0 Å². The molecule has 2 rings (SSSR count). The molecule has 1 saturated carbocycles. The standard InChI is InChI=1S/C16H27N3O2S/c1-4-21-12(2)14-18-13(11-22-14)10-19(3)15(20)16(17)8-6-5-7-9-16/h11-12H,4-10,17H2,1-3H3. The second kappa shape index (κ2) is 7.53. The van der Waals surface area contributed by atoms with E-state index in [1.807, 2.05) is 26.3 Å². The molecule has 1 unspecified atom stereocenters. The molecule has 5 nitrogen and oxygen atoms in total. The minimum absolute atomic E-state index is 0.00366. The number of carbonyl (C=O) groups is 1. The molecule has 1 heterocycles. The van der Waals surface area contributed by atoms with Crippen LogP contribution in [0.1, 0.15) is 62.8 Å². The Morgan fingerprint density at radius 2 is 2.18 bits per heavy atom. The van der Waals surface area contributed by atoms with E-state index < -0.39 is 5.54 Å². The van der Waals surface area contributed by atoms with Crippen LogP contribution in [0.5, 0.6) is 0 Å². The summed E-state index contributed by atoms with van der Waals surface area (Å²) in [6.07, 6.45) is 4.86. The van der Waals surface area contributed by atoms with Gasteiger partial charge in [0.2, 0.25) is 5.91 Å². The van der Waals surface area contributed by atoms with Crippen LogP contribution in [0, 0.1) is 0 Å². The van der Waals surface area contributed by atoms with Crippen LogP contribution in [0.15, 0.2) is 5.38 Å². The van der Waals surface area contributed by atoms with Gasteiger partial charge in [0.15, 0.2) is 0 Å². The number of hydrogen-bond acceptors (Lipinski definition) is 5. The van der Waals surface area contributed by atoms with Crippen molar-refractivity contribution in [3.63, 3.8) is 0 Å². The van der Waals surface area contributed by atoms with Crippen molar-refractivity contribution in [1.29, 1.82) is 0 Å². The van der Waals surface area contributed by atoms with Gasteiger partial charge in [-0.2, -0.15) is 0 Å². The van der Waals surface area contributed by atoms with Gasteiger partial charge in [-0.25, -0.2) is 4.98 Å². The van der Waals surface area contributed by atoms with Gasteiger partial charge in [0.1, 0.15) is 11.1 Å². The van der Waals surface area contributed by atoms with Gasteiger partial charge >= 0.3 is 0 Å². The van der Waals surface area contributed by atoms with Gasteiger partial charge in [0.25, 0.3) is 0 Å². The van der Waals surface area contributed by atoms with E-state index in [0.717, 1.165) is 36.4 Å². The Hall–Kier alpha value is -0.980. The first-order chi connectivity index (χ1) is 10.5. The quantitative estimate of drug-likeness (QED) is 0.873. The summed E-state index contributed by atoms with van der Waals surface area (Å²) in [5, 5.41) is 2.96. The molecule has 124 valence electrons. The molecule has 0 aromatic carbocycles. The first-order valence-electron chi connectivity index (χ1n) is 8.06. The van der Waals surface area contributed by atoms with E-state index in [-0.39, 0.29) is 12.0 Å². The molecule has 2 N–H and O–H groups in total. The summed E-state index contributed by atoms with van der Waals surface area (Å²) >= 11 is 1.58. The molecule has 1 aromatic rings. The topological polar surface area (TPSA) is 68.5 Å². The van der Waals surface area contributed by atoms with Gasteiger partial charge in [0, 0.05) is 19.0 Å². The van der Waals surface area contributed by atoms with Crippen LogP contribution in [0.2, 0.25) is 0 Å². The molecule has 1 aliphatic carbocycles. The Morgan fingerprint density at radius 1 is 1.50 bits per heavy atom. The molecule has 0 radical (unpaired) electrons. The van der Waals surface area contributed by atoms with Crippen LogP contribution in [0.25, 0.3) is 0 Å². The molecule has 6 heteroatoms. The SMILES string of the molecule is CCOC(C)c1nc(CN(C)C(=O)C2(N)CCCCC2)cs1. The molecule has 1 atom stereocenters. The number of carbonyl (C=O) groups excluding carboxylic acids is 1. The predicted octanol–water partition coefficient (Wildman–Crippen LogP) is 2.86. The Morgan fingerprint density at radius 3 is 2.82 bits per heavy atom. The lowest BCUT2D eigenvalue weighted by atomic mass is 9.81. The summed E-state index contributed by atoms with van der Waals surface area (Å²) in [6, 6.07) is 0. The Kier molecular flexibility index (Phi) is 5.94. The minimum atomic E-state index is -0.676. The second-order valence-electron chi connectivity index (χ2n) is 6.15. The largest absolute Gasteiger partial charge is 0.372 e. The van der Waals surface area contributed by atoms with Crippen molar-refractivity contribution in [2.24, 2.45) is 5.73 Å². The van der Waals surface area contributed by atoms with Crippen LogP contribution in [0.4, 0.5) is 0 Å². The predicted molar refractivity (Wildman–Crippen MR) is 88.6 cm³/mol. The number of rotatable bonds is 6. The lowest BCUT2D eigenvalue weighted by Crippen LogP contribution is -2.55. The molecular formula is C16H27N3O2S. The zero-order chi connectivity index (χ0) is 16.2. The number of ether oxygens (including phenoxy) is 1. The van der Waals surface area contributed by atoms with Crippen molar-refractivity contribution >= 4 is 17.2 Å². The Balaban J connectivity index is 1.96. The highest BCUT2D eigenvalue weighted by Crippen LogP contribution is 2.28. The van der Waals surface area contributed by atoms with Gasteiger partial charge in [0.05, 0.1) is 17.8 Å². The third kappa shape index (κ3) is 4.06. The van der Waals surface area contributed by atoms with Crippen LogP contribution >= 0.6 is 11.3 Å². The third-order valence-electron chi connectivity index (χ3n) is 4.25. The number of thiazole rings is 1. The molecule has 1 amide bonds. The van der Waals surface area contributed by atoms with E-state index in [1.54, 1.807) is 16.2 Å². The zero-order valence-corrected chi connectivity index (χ0v) is 14.6. The number of aromatic nitrogens is 1. The van der Waals surface area contributed by atoms with Crippen molar-refractivity contribution < 1.29 is 9.53 Å². The van der Waals surface area contributed by atoms with Gasteiger partial charge in [-0.3, -0.25) is 4.79 Å². The number of nitrogens with two attached hydrogens (primary N) is 1. The van der Waals surface area contributed by atoms with Crippen molar-refractivity contribution in [2.45, 2.75) is 64.1 Å². The average Bonchev–Trinajstić information content (AvgIpc) is 2.96. The summed E-state index contributed by atoms with van der Waals surface area (Å²) < 4.78 is 5.55. The third-order valence-corrected chi connectivity index (χ3v) is 5.31. The second-order valence-corrected chi connectivity index (χ2v) is 7.04. The summed E-state index contributed by atoms with van der Waals surface area (Å²) in [4.78, 5) is 18.9. The summed E-state index contributed by atoms with van der Waals surface area (Å²) in [6.45, 7) is 5.15. The molecule has 0 bridgehead atoms. The van der Waals surface area contributed by atoms with Crippen molar-refractivity contribution in [1.82, 2.24) is 9.88 Å². The highest BCUT2D eigenvalue weighted by Gasteiger charge is 2.37. The molecule has 0 spiro atoms. The maximum absolute atomic E-state index is 12.6. The van der Waals surface area contributed by atoms with Gasteiger partial charge in [-0.15, -0.1) is 11.3 Å². The molecule has 1 aliphatic rings. The smallest absolute Gasteiger partial charge is 0.242 e. The van der Waals surface area contributed by atoms with Crippen LogP contribution < -0.4 is 5.73 Å². The van der Waals surface area contributed by atoms with E-state index in [4.69, 9.17) is 10.5 Å². The normalized spacial score (nSPS) is 18.9. The summed E-state index contributed by atoms with van der Waals surface area (Å²) in [5.41, 5.74) is 6.55.